The predicted octanol–water partition coefficient (Wildman–Crippen LogP) is 4.47. The van der Waals surface area contributed by atoms with Crippen LogP contribution in [0.2, 0.25) is 0 Å². The highest BCUT2D eigenvalue weighted by Gasteiger charge is 2.61. The SMILES string of the molecule is [C-]#[N+]c1cnc(/C(F)=C/c2ccc(F)c([C@]34CO[C@H](C(F)(F)F)[C@H]3CSC(N)=N4)c2)cn1. The summed E-state index contributed by atoms with van der Waals surface area (Å²) in [6.45, 7) is 6.33. The fraction of sp³-hybridized carbons (Fsp3) is 0.300. The molecule has 12 heteroatoms. The number of thioether (sulfide) groups is 1. The summed E-state index contributed by atoms with van der Waals surface area (Å²) >= 11 is 0.946. The normalized spacial score (nSPS) is 25.8. The molecular weight excluding hydrogens is 453 g/mol. The standard InChI is InChI=1S/C20H14F5N5OS/c1-27-16-7-28-15(6-29-16)14(22)5-10-2-3-13(21)11(4-10)19-9-31-17(20(23,24)25)12(19)8-32-18(26)30-19/h2-7,12,17H,8-9H2,(H2,26,30)/b14-5-/t12-,17+,19-/m1/s1. The maximum atomic E-state index is 14.9. The van der Waals surface area contributed by atoms with Gasteiger partial charge in [0.2, 0.25) is 0 Å². The average Bonchev–Trinajstić information content (AvgIpc) is 3.15. The van der Waals surface area contributed by atoms with Gasteiger partial charge in [0.25, 0.3) is 5.82 Å². The van der Waals surface area contributed by atoms with E-state index in [1.165, 1.54) is 12.1 Å². The van der Waals surface area contributed by atoms with Gasteiger partial charge in [-0.1, -0.05) is 24.4 Å². The number of alkyl halides is 3. The number of hydrogen-bond acceptors (Lipinski definition) is 6. The van der Waals surface area contributed by atoms with E-state index in [2.05, 4.69) is 19.8 Å². The van der Waals surface area contributed by atoms with Crippen molar-refractivity contribution in [2.24, 2.45) is 16.6 Å². The molecule has 0 radical (unpaired) electrons. The molecule has 0 bridgehead atoms. The second-order valence-corrected chi connectivity index (χ2v) is 8.21. The Morgan fingerprint density at radius 3 is 2.75 bits per heavy atom. The Kier molecular flexibility index (Phi) is 5.64. The number of nitrogens with zero attached hydrogens (tertiary/aromatic N) is 4. The third-order valence-corrected chi connectivity index (χ3v) is 6.17. The number of halogens is 5. The van der Waals surface area contributed by atoms with Crippen molar-refractivity contribution >= 4 is 34.7 Å². The van der Waals surface area contributed by atoms with E-state index in [4.69, 9.17) is 17.0 Å². The molecule has 0 amide bonds. The quantitative estimate of drug-likeness (QED) is 0.533. The van der Waals surface area contributed by atoms with Crippen LogP contribution in [0.1, 0.15) is 16.8 Å². The summed E-state index contributed by atoms with van der Waals surface area (Å²) < 4.78 is 75.1. The highest BCUT2D eigenvalue weighted by atomic mass is 32.2. The first-order valence-electron chi connectivity index (χ1n) is 9.17. The first-order valence-corrected chi connectivity index (χ1v) is 10.2. The van der Waals surface area contributed by atoms with Crippen LogP contribution in [0.15, 0.2) is 35.6 Å². The Morgan fingerprint density at radius 2 is 2.09 bits per heavy atom. The summed E-state index contributed by atoms with van der Waals surface area (Å²) in [6.07, 6.45) is -3.58. The van der Waals surface area contributed by atoms with Crippen molar-refractivity contribution in [3.05, 3.63) is 64.6 Å². The molecule has 1 aromatic carbocycles. The number of aromatic nitrogens is 2. The molecule has 1 saturated heterocycles. The topological polar surface area (TPSA) is 77.8 Å². The fourth-order valence-corrected chi connectivity index (χ4v) is 4.81. The third-order valence-electron chi connectivity index (χ3n) is 5.25. The number of aliphatic imine (C=N–C) groups is 1. The Labute approximate surface area is 183 Å². The van der Waals surface area contributed by atoms with Gasteiger partial charge in [0, 0.05) is 17.2 Å². The zero-order valence-electron chi connectivity index (χ0n) is 16.1. The van der Waals surface area contributed by atoms with Crippen molar-refractivity contribution in [3.63, 3.8) is 0 Å². The van der Waals surface area contributed by atoms with Crippen molar-refractivity contribution in [2.75, 3.05) is 12.4 Å². The Hall–Kier alpha value is -3.04. The number of hydrogen-bond donors (Lipinski definition) is 1. The molecule has 2 aliphatic heterocycles. The van der Waals surface area contributed by atoms with Crippen LogP contribution in [0, 0.1) is 18.3 Å². The number of nitrogens with two attached hydrogens (primary N) is 1. The second-order valence-electron chi connectivity index (χ2n) is 7.17. The first-order chi connectivity index (χ1) is 15.1. The second kappa shape index (κ2) is 8.14. The molecule has 3 heterocycles. The molecule has 1 aromatic heterocycles. The van der Waals surface area contributed by atoms with E-state index in [1.807, 2.05) is 0 Å². The van der Waals surface area contributed by atoms with E-state index in [0.717, 1.165) is 36.3 Å². The number of benzene rings is 1. The molecule has 4 rings (SSSR count). The molecule has 166 valence electrons. The van der Waals surface area contributed by atoms with Crippen molar-refractivity contribution in [1.82, 2.24) is 9.97 Å². The summed E-state index contributed by atoms with van der Waals surface area (Å²) in [4.78, 5) is 14.8. The number of fused-ring (bicyclic) bond motifs is 1. The van der Waals surface area contributed by atoms with Gasteiger partial charge < -0.3 is 15.3 Å². The number of amidine groups is 1. The van der Waals surface area contributed by atoms with Gasteiger partial charge in [-0.3, -0.25) is 4.98 Å². The molecule has 0 spiro atoms. The lowest BCUT2D eigenvalue weighted by molar-refractivity contribution is -0.215. The molecule has 0 aliphatic carbocycles. The van der Waals surface area contributed by atoms with Crippen LogP contribution in [-0.4, -0.2) is 39.8 Å². The summed E-state index contributed by atoms with van der Waals surface area (Å²) in [6, 6.07) is 3.53. The summed E-state index contributed by atoms with van der Waals surface area (Å²) in [7, 11) is 0. The van der Waals surface area contributed by atoms with Gasteiger partial charge in [0.1, 0.15) is 23.2 Å². The monoisotopic (exact) mass is 467 g/mol. The van der Waals surface area contributed by atoms with Crippen LogP contribution in [0.25, 0.3) is 16.7 Å². The molecule has 2 aromatic rings. The zero-order valence-corrected chi connectivity index (χ0v) is 16.9. The summed E-state index contributed by atoms with van der Waals surface area (Å²) in [5.74, 6) is -2.90. The fourth-order valence-electron chi connectivity index (χ4n) is 3.78. The minimum atomic E-state index is -4.66. The number of ether oxygens (including phenoxy) is 1. The Bertz CT molecular complexity index is 1140. The van der Waals surface area contributed by atoms with Crippen LogP contribution in [0.5, 0.6) is 0 Å². The van der Waals surface area contributed by atoms with E-state index >= 15 is 0 Å². The van der Waals surface area contributed by atoms with Gasteiger partial charge in [-0.2, -0.15) is 13.2 Å². The van der Waals surface area contributed by atoms with E-state index in [-0.39, 0.29) is 33.6 Å². The van der Waals surface area contributed by atoms with Gasteiger partial charge in [0.15, 0.2) is 17.1 Å². The number of rotatable bonds is 3. The lowest BCUT2D eigenvalue weighted by Gasteiger charge is -2.36. The van der Waals surface area contributed by atoms with Gasteiger partial charge in [0.05, 0.1) is 12.8 Å². The maximum absolute atomic E-state index is 14.9. The average molecular weight is 467 g/mol. The smallest absolute Gasteiger partial charge is 0.379 e. The van der Waals surface area contributed by atoms with Crippen molar-refractivity contribution in [2.45, 2.75) is 17.8 Å². The minimum Gasteiger partial charge on any atom is -0.379 e. The molecule has 1 fully saturated rings. The van der Waals surface area contributed by atoms with Crippen molar-refractivity contribution in [1.29, 1.82) is 0 Å². The molecule has 2 aliphatic rings. The largest absolute Gasteiger partial charge is 0.415 e. The van der Waals surface area contributed by atoms with E-state index in [1.54, 1.807) is 0 Å². The van der Waals surface area contributed by atoms with Crippen LogP contribution in [-0.2, 0) is 10.3 Å². The van der Waals surface area contributed by atoms with E-state index in [0.29, 0.717) is 0 Å². The van der Waals surface area contributed by atoms with Crippen LogP contribution >= 0.6 is 11.8 Å². The highest BCUT2D eigenvalue weighted by Crippen LogP contribution is 2.51. The lowest BCUT2D eigenvalue weighted by Crippen LogP contribution is -2.46. The molecule has 0 unspecified atom stereocenters. The van der Waals surface area contributed by atoms with Crippen LogP contribution in [0.4, 0.5) is 27.8 Å². The minimum absolute atomic E-state index is 0.0122. The molecule has 32 heavy (non-hydrogen) atoms. The zero-order chi connectivity index (χ0) is 23.1. The Balaban J connectivity index is 1.76. The van der Waals surface area contributed by atoms with Gasteiger partial charge in [-0.15, -0.1) is 4.98 Å². The van der Waals surface area contributed by atoms with Gasteiger partial charge >= 0.3 is 6.18 Å². The third kappa shape index (κ3) is 3.93. The maximum Gasteiger partial charge on any atom is 0.415 e. The van der Waals surface area contributed by atoms with Gasteiger partial charge in [-0.25, -0.2) is 13.8 Å². The summed E-state index contributed by atoms with van der Waals surface area (Å²) in [5.41, 5.74) is 3.96. The van der Waals surface area contributed by atoms with Crippen molar-refractivity contribution in [3.8, 4) is 0 Å². The molecule has 6 nitrogen and oxygen atoms in total. The van der Waals surface area contributed by atoms with E-state index < -0.39 is 42.0 Å². The van der Waals surface area contributed by atoms with Crippen molar-refractivity contribution < 1.29 is 26.7 Å². The lowest BCUT2D eigenvalue weighted by atomic mass is 9.78. The molecular formula is C20H14F5N5OS. The molecule has 0 saturated carbocycles. The molecule has 3 atom stereocenters. The summed E-state index contributed by atoms with van der Waals surface area (Å²) in [5, 5.41) is 0.0226. The van der Waals surface area contributed by atoms with E-state index in [9.17, 15) is 22.0 Å². The Morgan fingerprint density at radius 1 is 1.31 bits per heavy atom. The molecule has 2 N–H and O–H groups in total. The van der Waals surface area contributed by atoms with Gasteiger partial charge in [-0.05, 0) is 23.8 Å². The van der Waals surface area contributed by atoms with Crippen LogP contribution in [0.3, 0.4) is 0 Å². The first kappa shape index (κ1) is 22.2. The van der Waals surface area contributed by atoms with Crippen LogP contribution < -0.4 is 5.73 Å². The predicted molar refractivity (Wildman–Crippen MR) is 109 cm³/mol. The highest BCUT2D eigenvalue weighted by molar-refractivity contribution is 8.13.